The van der Waals surface area contributed by atoms with Crippen molar-refractivity contribution in [3.8, 4) is 11.4 Å². The number of nitrogens with zero attached hydrogens (tertiary/aromatic N) is 2. The van der Waals surface area contributed by atoms with E-state index in [0.29, 0.717) is 28.7 Å². The molecule has 3 aromatic carbocycles. The highest BCUT2D eigenvalue weighted by Crippen LogP contribution is 2.23. The number of carbonyl (C=O) groups is 1. The lowest BCUT2D eigenvalue weighted by atomic mass is 10.0. The molecule has 4 rings (SSSR count). The van der Waals surface area contributed by atoms with Gasteiger partial charge in [0.05, 0.1) is 0 Å². The van der Waals surface area contributed by atoms with Gasteiger partial charge in [0.25, 0.3) is 5.91 Å². The normalized spacial score (nSPS) is 11.8. The van der Waals surface area contributed by atoms with E-state index in [0.717, 1.165) is 16.7 Å². The van der Waals surface area contributed by atoms with Gasteiger partial charge in [-0.25, -0.2) is 0 Å². The van der Waals surface area contributed by atoms with Gasteiger partial charge in [-0.1, -0.05) is 64.8 Å². The first kappa shape index (κ1) is 19.9. The van der Waals surface area contributed by atoms with Crippen molar-refractivity contribution in [2.45, 2.75) is 19.4 Å². The summed E-state index contributed by atoms with van der Waals surface area (Å²) in [7, 11) is 0. The van der Waals surface area contributed by atoms with Gasteiger partial charge < -0.3 is 9.84 Å². The molecule has 0 aliphatic rings. The summed E-state index contributed by atoms with van der Waals surface area (Å²) in [6.45, 7) is 1.98. The van der Waals surface area contributed by atoms with Crippen molar-refractivity contribution in [2.75, 3.05) is 0 Å². The summed E-state index contributed by atoms with van der Waals surface area (Å²) in [4.78, 5) is 17.4. The third kappa shape index (κ3) is 4.75. The fourth-order valence-electron chi connectivity index (χ4n) is 3.09. The molecular weight excluding hydrogens is 398 g/mol. The summed E-state index contributed by atoms with van der Waals surface area (Å²) >= 11 is 5.96. The molecule has 0 unspecified atom stereocenters. The van der Waals surface area contributed by atoms with Crippen LogP contribution in [0.4, 0.5) is 0 Å². The highest BCUT2D eigenvalue weighted by atomic mass is 35.5. The monoisotopic (exact) mass is 417 g/mol. The second kappa shape index (κ2) is 8.93. The molecule has 6 heteroatoms. The number of carbonyl (C=O) groups excluding carboxylic acids is 1. The number of hydrogen-bond donors (Lipinski definition) is 1. The van der Waals surface area contributed by atoms with Gasteiger partial charge in [-0.15, -0.1) is 0 Å². The Kier molecular flexibility index (Phi) is 5.91. The second-order valence-electron chi connectivity index (χ2n) is 7.04. The number of amides is 1. The molecule has 0 aliphatic heterocycles. The van der Waals surface area contributed by atoms with Crippen LogP contribution in [0.1, 0.15) is 33.4 Å². The van der Waals surface area contributed by atoms with Gasteiger partial charge in [0.2, 0.25) is 11.7 Å². The van der Waals surface area contributed by atoms with Crippen LogP contribution in [0.15, 0.2) is 83.4 Å². The topological polar surface area (TPSA) is 68.0 Å². The SMILES string of the molecule is Cc1ccc(C(=O)N[C@@H](Cc2ccccc2)c2nc(-c3ccc(Cl)cc3)no2)cc1. The van der Waals surface area contributed by atoms with Crippen LogP contribution in [0.25, 0.3) is 11.4 Å². The van der Waals surface area contributed by atoms with Gasteiger partial charge >= 0.3 is 0 Å². The average Bonchev–Trinajstić information content (AvgIpc) is 3.25. The molecule has 1 atom stereocenters. The van der Waals surface area contributed by atoms with Crippen molar-refractivity contribution in [3.63, 3.8) is 0 Å². The molecule has 1 N–H and O–H groups in total. The van der Waals surface area contributed by atoms with E-state index in [1.807, 2.05) is 61.5 Å². The van der Waals surface area contributed by atoms with Crippen LogP contribution in [0.3, 0.4) is 0 Å². The standard InChI is InChI=1S/C24H20ClN3O2/c1-16-7-9-19(10-8-16)23(29)26-21(15-17-5-3-2-4-6-17)24-27-22(28-30-24)18-11-13-20(25)14-12-18/h2-14,21H,15H2,1H3,(H,26,29)/t21-/m0/s1. The van der Waals surface area contributed by atoms with E-state index in [-0.39, 0.29) is 5.91 Å². The average molecular weight is 418 g/mol. The highest BCUT2D eigenvalue weighted by molar-refractivity contribution is 6.30. The van der Waals surface area contributed by atoms with Crippen LogP contribution in [0.2, 0.25) is 5.02 Å². The maximum atomic E-state index is 12.8. The minimum Gasteiger partial charge on any atom is -0.340 e. The molecule has 4 aromatic rings. The molecule has 150 valence electrons. The quantitative estimate of drug-likeness (QED) is 0.455. The van der Waals surface area contributed by atoms with Crippen LogP contribution in [-0.4, -0.2) is 16.0 Å². The molecule has 0 saturated carbocycles. The minimum absolute atomic E-state index is 0.192. The number of halogens is 1. The Morgan fingerprint density at radius 3 is 2.40 bits per heavy atom. The largest absolute Gasteiger partial charge is 0.340 e. The molecule has 0 spiro atoms. The van der Waals surface area contributed by atoms with Gasteiger partial charge in [0.1, 0.15) is 6.04 Å². The van der Waals surface area contributed by atoms with E-state index in [9.17, 15) is 4.79 Å². The second-order valence-corrected chi connectivity index (χ2v) is 7.48. The molecule has 30 heavy (non-hydrogen) atoms. The zero-order chi connectivity index (χ0) is 20.9. The van der Waals surface area contributed by atoms with Gasteiger partial charge in [-0.05, 0) is 48.9 Å². The van der Waals surface area contributed by atoms with Crippen molar-refractivity contribution >= 4 is 17.5 Å². The summed E-state index contributed by atoms with van der Waals surface area (Å²) < 4.78 is 5.53. The number of nitrogens with one attached hydrogen (secondary N) is 1. The molecule has 1 aromatic heterocycles. The van der Waals surface area contributed by atoms with Gasteiger partial charge in [0.15, 0.2) is 0 Å². The number of hydrogen-bond acceptors (Lipinski definition) is 4. The van der Waals surface area contributed by atoms with Gasteiger partial charge in [-0.2, -0.15) is 4.98 Å². The van der Waals surface area contributed by atoms with E-state index < -0.39 is 6.04 Å². The fraction of sp³-hybridized carbons (Fsp3) is 0.125. The first-order chi connectivity index (χ1) is 14.6. The number of benzene rings is 3. The molecule has 1 heterocycles. The lowest BCUT2D eigenvalue weighted by molar-refractivity contribution is 0.0928. The molecular formula is C24H20ClN3O2. The lowest BCUT2D eigenvalue weighted by Crippen LogP contribution is -2.30. The lowest BCUT2D eigenvalue weighted by Gasteiger charge is -2.15. The van der Waals surface area contributed by atoms with Crippen LogP contribution in [0, 0.1) is 6.92 Å². The fourth-order valence-corrected chi connectivity index (χ4v) is 3.22. The van der Waals surface area contributed by atoms with Crippen molar-refractivity contribution in [1.29, 1.82) is 0 Å². The summed E-state index contributed by atoms with van der Waals surface area (Å²) in [5, 5.41) is 7.76. The molecule has 0 aliphatic carbocycles. The van der Waals surface area contributed by atoms with Crippen molar-refractivity contribution < 1.29 is 9.32 Å². The van der Waals surface area contributed by atoms with Crippen LogP contribution >= 0.6 is 11.6 Å². The maximum Gasteiger partial charge on any atom is 0.251 e. The molecule has 0 radical (unpaired) electrons. The zero-order valence-electron chi connectivity index (χ0n) is 16.4. The molecule has 0 saturated heterocycles. The summed E-state index contributed by atoms with van der Waals surface area (Å²) in [6.07, 6.45) is 0.528. The van der Waals surface area contributed by atoms with Crippen LogP contribution in [0.5, 0.6) is 0 Å². The Morgan fingerprint density at radius 1 is 1.00 bits per heavy atom. The Bertz CT molecular complexity index is 1120. The van der Waals surface area contributed by atoms with E-state index in [1.165, 1.54) is 0 Å². The molecule has 0 fully saturated rings. The number of aromatic nitrogens is 2. The van der Waals surface area contributed by atoms with E-state index >= 15 is 0 Å². The molecule has 0 bridgehead atoms. The highest BCUT2D eigenvalue weighted by Gasteiger charge is 2.23. The molecule has 5 nitrogen and oxygen atoms in total. The van der Waals surface area contributed by atoms with E-state index in [2.05, 4.69) is 15.5 Å². The first-order valence-electron chi connectivity index (χ1n) is 9.59. The molecule has 1 amide bonds. The Balaban J connectivity index is 1.61. The Hall–Kier alpha value is -3.44. The zero-order valence-corrected chi connectivity index (χ0v) is 17.1. The number of rotatable bonds is 6. The Morgan fingerprint density at radius 2 is 1.70 bits per heavy atom. The van der Waals surface area contributed by atoms with Gasteiger partial charge in [0, 0.05) is 22.6 Å². The summed E-state index contributed by atoms with van der Waals surface area (Å²) in [5.41, 5.74) is 3.52. The van der Waals surface area contributed by atoms with E-state index in [1.54, 1.807) is 24.3 Å². The van der Waals surface area contributed by atoms with E-state index in [4.69, 9.17) is 16.1 Å². The smallest absolute Gasteiger partial charge is 0.251 e. The van der Waals surface area contributed by atoms with Crippen LogP contribution in [-0.2, 0) is 6.42 Å². The predicted octanol–water partition coefficient (Wildman–Crippen LogP) is 5.41. The predicted molar refractivity (Wildman–Crippen MR) is 116 cm³/mol. The minimum atomic E-state index is -0.463. The van der Waals surface area contributed by atoms with Crippen molar-refractivity contribution in [2.24, 2.45) is 0 Å². The summed E-state index contributed by atoms with van der Waals surface area (Å²) in [6, 6.07) is 24.0. The summed E-state index contributed by atoms with van der Waals surface area (Å²) in [5.74, 6) is 0.607. The van der Waals surface area contributed by atoms with Gasteiger partial charge in [-0.3, -0.25) is 4.79 Å². The first-order valence-corrected chi connectivity index (χ1v) is 9.97. The maximum absolute atomic E-state index is 12.8. The Labute approximate surface area is 179 Å². The third-order valence-corrected chi connectivity index (χ3v) is 5.00. The third-order valence-electron chi connectivity index (χ3n) is 4.74. The van der Waals surface area contributed by atoms with Crippen molar-refractivity contribution in [1.82, 2.24) is 15.5 Å². The van der Waals surface area contributed by atoms with Crippen LogP contribution < -0.4 is 5.32 Å². The van der Waals surface area contributed by atoms with Crippen molar-refractivity contribution in [3.05, 3.63) is 106 Å². The number of aryl methyl sites for hydroxylation is 1.